The Bertz CT molecular complexity index is 492. The second kappa shape index (κ2) is 7.06. The smallest absolute Gasteiger partial charge is 0.326 e. The predicted octanol–water partition coefficient (Wildman–Crippen LogP) is 1.52. The molecule has 0 radical (unpaired) electrons. The fourth-order valence-electron chi connectivity index (χ4n) is 2.58. The van der Waals surface area contributed by atoms with Crippen molar-refractivity contribution in [3.05, 3.63) is 30.1 Å². The van der Waals surface area contributed by atoms with E-state index in [4.69, 9.17) is 0 Å². The van der Waals surface area contributed by atoms with Crippen LogP contribution in [0, 0.1) is 5.92 Å². The maximum atomic E-state index is 12.1. The minimum atomic E-state index is -0.927. The van der Waals surface area contributed by atoms with E-state index in [1.54, 1.807) is 12.4 Å². The van der Waals surface area contributed by atoms with Gasteiger partial charge in [-0.3, -0.25) is 4.98 Å². The molecule has 2 unspecified atom stereocenters. The molecule has 0 aromatic carbocycles. The Morgan fingerprint density at radius 1 is 1.52 bits per heavy atom. The van der Waals surface area contributed by atoms with Crippen LogP contribution in [-0.2, 0) is 11.2 Å². The quantitative estimate of drug-likeness (QED) is 0.881. The van der Waals surface area contributed by atoms with E-state index in [1.807, 2.05) is 19.1 Å². The summed E-state index contributed by atoms with van der Waals surface area (Å²) in [5, 5.41) is 12.0. The number of piperidine rings is 1. The molecule has 6 heteroatoms. The molecule has 2 heterocycles. The molecular formula is C15H21N3O3. The van der Waals surface area contributed by atoms with E-state index >= 15 is 0 Å². The van der Waals surface area contributed by atoms with Crippen LogP contribution in [-0.4, -0.2) is 46.1 Å². The summed E-state index contributed by atoms with van der Waals surface area (Å²) < 4.78 is 0. The Hall–Kier alpha value is -2.11. The van der Waals surface area contributed by atoms with E-state index in [1.165, 1.54) is 4.90 Å². The van der Waals surface area contributed by atoms with Crippen LogP contribution in [0.25, 0.3) is 0 Å². The standard InChI is InChI=1S/C15H21N3O3/c1-11-5-8-18(13(9-11)14(19)20)15(21)17-7-4-12-3-2-6-16-10-12/h2-3,6,10-11,13H,4-5,7-9H2,1H3,(H,17,21)(H,19,20). The zero-order valence-corrected chi connectivity index (χ0v) is 12.2. The molecule has 21 heavy (non-hydrogen) atoms. The van der Waals surface area contributed by atoms with Crippen molar-refractivity contribution in [1.82, 2.24) is 15.2 Å². The molecule has 6 nitrogen and oxygen atoms in total. The van der Waals surface area contributed by atoms with Crippen molar-refractivity contribution in [2.45, 2.75) is 32.2 Å². The van der Waals surface area contributed by atoms with E-state index in [0.29, 0.717) is 31.8 Å². The van der Waals surface area contributed by atoms with E-state index in [-0.39, 0.29) is 6.03 Å². The highest BCUT2D eigenvalue weighted by Gasteiger charge is 2.34. The molecule has 2 amide bonds. The van der Waals surface area contributed by atoms with Crippen LogP contribution in [0.3, 0.4) is 0 Å². The zero-order chi connectivity index (χ0) is 15.2. The number of amides is 2. The molecule has 2 rings (SSSR count). The summed E-state index contributed by atoms with van der Waals surface area (Å²) in [6.07, 6.45) is 5.51. The lowest BCUT2D eigenvalue weighted by molar-refractivity contribution is -0.143. The van der Waals surface area contributed by atoms with Gasteiger partial charge in [-0.25, -0.2) is 9.59 Å². The van der Waals surface area contributed by atoms with Crippen molar-refractivity contribution in [3.63, 3.8) is 0 Å². The lowest BCUT2D eigenvalue weighted by atomic mass is 9.93. The molecule has 0 saturated carbocycles. The normalized spacial score (nSPS) is 21.9. The first kappa shape index (κ1) is 15.3. The highest BCUT2D eigenvalue weighted by Crippen LogP contribution is 2.22. The van der Waals surface area contributed by atoms with Crippen molar-refractivity contribution >= 4 is 12.0 Å². The van der Waals surface area contributed by atoms with Crippen LogP contribution < -0.4 is 5.32 Å². The molecule has 1 aliphatic heterocycles. The first-order chi connectivity index (χ1) is 10.1. The average molecular weight is 291 g/mol. The Labute approximate surface area is 124 Å². The summed E-state index contributed by atoms with van der Waals surface area (Å²) in [5.74, 6) is -0.588. The number of carboxylic acids is 1. The lowest BCUT2D eigenvalue weighted by Gasteiger charge is -2.35. The summed E-state index contributed by atoms with van der Waals surface area (Å²) in [5.41, 5.74) is 1.04. The number of likely N-dealkylation sites (tertiary alicyclic amines) is 1. The third-order valence-corrected chi connectivity index (χ3v) is 3.82. The van der Waals surface area contributed by atoms with Gasteiger partial charge in [0.05, 0.1) is 0 Å². The van der Waals surface area contributed by atoms with Gasteiger partial charge in [-0.1, -0.05) is 13.0 Å². The monoisotopic (exact) mass is 291 g/mol. The Balaban J connectivity index is 1.85. The number of nitrogens with one attached hydrogen (secondary N) is 1. The van der Waals surface area contributed by atoms with Gasteiger partial charge >= 0.3 is 12.0 Å². The highest BCUT2D eigenvalue weighted by atomic mass is 16.4. The fraction of sp³-hybridized carbons (Fsp3) is 0.533. The van der Waals surface area contributed by atoms with Crippen LogP contribution in [0.2, 0.25) is 0 Å². The molecule has 1 aromatic heterocycles. The number of carbonyl (C=O) groups excluding carboxylic acids is 1. The van der Waals surface area contributed by atoms with Crippen molar-refractivity contribution in [2.24, 2.45) is 5.92 Å². The van der Waals surface area contributed by atoms with Crippen LogP contribution >= 0.6 is 0 Å². The first-order valence-corrected chi connectivity index (χ1v) is 7.24. The Morgan fingerprint density at radius 3 is 3.00 bits per heavy atom. The molecule has 2 atom stereocenters. The maximum Gasteiger partial charge on any atom is 0.326 e. The predicted molar refractivity (Wildman–Crippen MR) is 77.9 cm³/mol. The average Bonchev–Trinajstić information content (AvgIpc) is 2.48. The molecule has 114 valence electrons. The number of rotatable bonds is 4. The largest absolute Gasteiger partial charge is 0.480 e. The van der Waals surface area contributed by atoms with Gasteiger partial charge in [-0.15, -0.1) is 0 Å². The molecule has 1 aromatic rings. The van der Waals surface area contributed by atoms with Crippen molar-refractivity contribution in [1.29, 1.82) is 0 Å². The number of hydrogen-bond donors (Lipinski definition) is 2. The van der Waals surface area contributed by atoms with Crippen molar-refractivity contribution in [3.8, 4) is 0 Å². The summed E-state index contributed by atoms with van der Waals surface area (Å²) in [6, 6.07) is 2.79. The van der Waals surface area contributed by atoms with E-state index < -0.39 is 12.0 Å². The molecule has 0 bridgehead atoms. The SMILES string of the molecule is CC1CCN(C(=O)NCCc2cccnc2)C(C(=O)O)C1. The summed E-state index contributed by atoms with van der Waals surface area (Å²) in [7, 11) is 0. The minimum absolute atomic E-state index is 0.293. The number of pyridine rings is 1. The number of hydrogen-bond acceptors (Lipinski definition) is 3. The zero-order valence-electron chi connectivity index (χ0n) is 12.2. The Morgan fingerprint density at radius 2 is 2.33 bits per heavy atom. The van der Waals surface area contributed by atoms with E-state index in [0.717, 1.165) is 12.0 Å². The van der Waals surface area contributed by atoms with Gasteiger partial charge in [0, 0.05) is 25.5 Å². The van der Waals surface area contributed by atoms with Crippen LogP contribution in [0.15, 0.2) is 24.5 Å². The van der Waals surface area contributed by atoms with Crippen molar-refractivity contribution < 1.29 is 14.7 Å². The summed E-state index contributed by atoms with van der Waals surface area (Å²) in [6.45, 7) is 2.99. The van der Waals surface area contributed by atoms with Gasteiger partial charge in [-0.05, 0) is 36.8 Å². The summed E-state index contributed by atoms with van der Waals surface area (Å²) in [4.78, 5) is 28.9. The van der Waals surface area contributed by atoms with Crippen molar-refractivity contribution in [2.75, 3.05) is 13.1 Å². The molecule has 0 aliphatic carbocycles. The van der Waals surface area contributed by atoms with Gasteiger partial charge in [0.25, 0.3) is 0 Å². The van der Waals surface area contributed by atoms with E-state index in [9.17, 15) is 14.7 Å². The number of nitrogens with zero attached hydrogens (tertiary/aromatic N) is 2. The van der Waals surface area contributed by atoms with Gasteiger partial charge in [-0.2, -0.15) is 0 Å². The second-order valence-corrected chi connectivity index (χ2v) is 5.52. The maximum absolute atomic E-state index is 12.1. The highest BCUT2D eigenvalue weighted by molar-refractivity contribution is 5.82. The molecule has 1 fully saturated rings. The van der Waals surface area contributed by atoms with E-state index in [2.05, 4.69) is 10.3 Å². The van der Waals surface area contributed by atoms with Crippen LogP contribution in [0.5, 0.6) is 0 Å². The number of aliphatic carboxylic acids is 1. The second-order valence-electron chi connectivity index (χ2n) is 5.52. The van der Waals surface area contributed by atoms with Crippen LogP contribution in [0.4, 0.5) is 4.79 Å². The third kappa shape index (κ3) is 4.18. The van der Waals surface area contributed by atoms with Gasteiger partial charge < -0.3 is 15.3 Å². The molecule has 1 aliphatic rings. The third-order valence-electron chi connectivity index (χ3n) is 3.82. The Kier molecular flexibility index (Phi) is 5.14. The molecular weight excluding hydrogens is 270 g/mol. The fourth-order valence-corrected chi connectivity index (χ4v) is 2.58. The molecule has 1 saturated heterocycles. The lowest BCUT2D eigenvalue weighted by Crippen LogP contribution is -2.53. The van der Waals surface area contributed by atoms with Crippen LogP contribution in [0.1, 0.15) is 25.3 Å². The number of carbonyl (C=O) groups is 2. The first-order valence-electron chi connectivity index (χ1n) is 7.24. The molecule has 2 N–H and O–H groups in total. The summed E-state index contributed by atoms with van der Waals surface area (Å²) >= 11 is 0. The van der Waals surface area contributed by atoms with Gasteiger partial charge in [0.15, 0.2) is 0 Å². The number of urea groups is 1. The van der Waals surface area contributed by atoms with Gasteiger partial charge in [0.2, 0.25) is 0 Å². The number of carboxylic acid groups (broad SMARTS) is 1. The minimum Gasteiger partial charge on any atom is -0.480 e. The number of aromatic nitrogens is 1. The molecule has 0 spiro atoms. The van der Waals surface area contributed by atoms with Gasteiger partial charge in [0.1, 0.15) is 6.04 Å². The topological polar surface area (TPSA) is 82.5 Å².